The average Bonchev–Trinajstić information content (AvgIpc) is 2.93. The van der Waals surface area contributed by atoms with E-state index in [0.717, 1.165) is 12.2 Å². The van der Waals surface area contributed by atoms with Gasteiger partial charge >= 0.3 is 5.97 Å². The van der Waals surface area contributed by atoms with Gasteiger partial charge < -0.3 is 27.6 Å². The second kappa shape index (κ2) is 11.8. The van der Waals surface area contributed by atoms with Gasteiger partial charge in [-0.15, -0.1) is 11.3 Å². The zero-order chi connectivity index (χ0) is 17.8. The molecular formula is C14H28N6O2S. The molecule has 0 saturated carbocycles. The van der Waals surface area contributed by atoms with Gasteiger partial charge in [0.25, 0.3) is 0 Å². The summed E-state index contributed by atoms with van der Waals surface area (Å²) in [5, 5.41) is 14.8. The van der Waals surface area contributed by atoms with Crippen LogP contribution in [0.5, 0.6) is 0 Å². The second-order valence-electron chi connectivity index (χ2n) is 5.26. The van der Waals surface area contributed by atoms with Crippen LogP contribution in [0.15, 0.2) is 10.4 Å². The van der Waals surface area contributed by atoms with Crippen molar-refractivity contribution in [2.75, 3.05) is 13.6 Å². The molecule has 8 N–H and O–H groups in total. The number of nitrogens with two attached hydrogens (primary N) is 3. The summed E-state index contributed by atoms with van der Waals surface area (Å²) >= 11 is 1.75. The number of aliphatic imine (C=N–C) groups is 1. The Morgan fingerprint density at radius 1 is 1.48 bits per heavy atom. The number of carboxylic acids is 1. The first kappa shape index (κ1) is 21.3. The monoisotopic (exact) mass is 344 g/mol. The molecule has 0 bridgehead atoms. The van der Waals surface area contributed by atoms with Crippen LogP contribution in [0.1, 0.15) is 43.3 Å². The number of hydrogen-bond donors (Lipinski definition) is 5. The van der Waals surface area contributed by atoms with Gasteiger partial charge in [0, 0.05) is 24.4 Å². The van der Waals surface area contributed by atoms with Crippen LogP contribution in [0.4, 0.5) is 0 Å². The minimum absolute atomic E-state index is 0.0129. The van der Waals surface area contributed by atoms with Crippen LogP contribution in [-0.4, -0.2) is 41.7 Å². The van der Waals surface area contributed by atoms with Gasteiger partial charge in [-0.25, -0.2) is 4.98 Å². The first-order chi connectivity index (χ1) is 10.8. The fourth-order valence-corrected chi connectivity index (χ4v) is 2.33. The number of nitrogens with zero attached hydrogens (tertiary/aromatic N) is 2. The Morgan fingerprint density at radius 2 is 2.13 bits per heavy atom. The van der Waals surface area contributed by atoms with Gasteiger partial charge in [0.2, 0.25) is 0 Å². The van der Waals surface area contributed by atoms with Crippen molar-refractivity contribution in [2.24, 2.45) is 22.2 Å². The molecule has 0 amide bonds. The van der Waals surface area contributed by atoms with Gasteiger partial charge in [-0.05, 0) is 19.9 Å². The van der Waals surface area contributed by atoms with Crippen LogP contribution in [0, 0.1) is 0 Å². The molecule has 1 unspecified atom stereocenters. The first-order valence-corrected chi connectivity index (χ1v) is 8.28. The van der Waals surface area contributed by atoms with E-state index in [-0.39, 0.29) is 5.96 Å². The van der Waals surface area contributed by atoms with Crippen LogP contribution in [0.2, 0.25) is 0 Å². The molecule has 0 aromatic carbocycles. The molecule has 0 radical (unpaired) electrons. The molecule has 0 fully saturated rings. The van der Waals surface area contributed by atoms with Crippen molar-refractivity contribution < 1.29 is 9.90 Å². The first-order valence-electron chi connectivity index (χ1n) is 7.40. The SMILES string of the molecule is CNCc1csc(C(C)C)n1.NC(N)=NCCCC(N)C(=O)O. The molecule has 1 aromatic rings. The summed E-state index contributed by atoms with van der Waals surface area (Å²) < 4.78 is 0. The van der Waals surface area contributed by atoms with E-state index in [4.69, 9.17) is 22.3 Å². The van der Waals surface area contributed by atoms with E-state index in [2.05, 4.69) is 34.5 Å². The molecule has 132 valence electrons. The third-order valence-corrected chi connectivity index (χ3v) is 3.90. The highest BCUT2D eigenvalue weighted by molar-refractivity contribution is 7.09. The molecule has 0 aliphatic heterocycles. The zero-order valence-electron chi connectivity index (χ0n) is 14.0. The molecular weight excluding hydrogens is 316 g/mol. The highest BCUT2D eigenvalue weighted by Crippen LogP contribution is 2.18. The molecule has 23 heavy (non-hydrogen) atoms. The van der Waals surface area contributed by atoms with Gasteiger partial charge in [-0.2, -0.15) is 0 Å². The summed E-state index contributed by atoms with van der Waals surface area (Å²) in [7, 11) is 1.94. The summed E-state index contributed by atoms with van der Waals surface area (Å²) in [6, 6.07) is -0.820. The number of thiazole rings is 1. The van der Waals surface area contributed by atoms with E-state index in [1.165, 1.54) is 5.01 Å². The maximum Gasteiger partial charge on any atom is 0.320 e. The number of rotatable bonds is 8. The molecule has 1 heterocycles. The lowest BCUT2D eigenvalue weighted by Gasteiger charge is -2.03. The summed E-state index contributed by atoms with van der Waals surface area (Å²) in [5.74, 6) is -0.427. The van der Waals surface area contributed by atoms with Crippen LogP contribution in [0.25, 0.3) is 0 Å². The third-order valence-electron chi connectivity index (χ3n) is 2.71. The molecule has 0 spiro atoms. The minimum Gasteiger partial charge on any atom is -0.480 e. The maximum atomic E-state index is 10.2. The smallest absolute Gasteiger partial charge is 0.320 e. The Balaban J connectivity index is 0.000000422. The number of hydrogen-bond acceptors (Lipinski definition) is 6. The number of guanidine groups is 1. The Morgan fingerprint density at radius 3 is 2.57 bits per heavy atom. The van der Waals surface area contributed by atoms with Crippen molar-refractivity contribution in [3.8, 4) is 0 Å². The number of carboxylic acid groups (broad SMARTS) is 1. The second-order valence-corrected chi connectivity index (χ2v) is 6.15. The summed E-state index contributed by atoms with van der Waals surface area (Å²) in [6.07, 6.45) is 0.956. The van der Waals surface area contributed by atoms with Crippen molar-refractivity contribution in [2.45, 2.75) is 45.2 Å². The lowest BCUT2D eigenvalue weighted by atomic mass is 10.2. The Bertz CT molecular complexity index is 485. The Kier molecular flexibility index (Phi) is 10.9. The number of nitrogens with one attached hydrogen (secondary N) is 1. The average molecular weight is 344 g/mol. The standard InChI is InChI=1S/C8H14N2S.C6H14N4O2/c1-6(2)8-10-7(4-9-3)5-11-8;7-4(5(11)12)2-1-3-10-6(8)9/h5-6,9H,4H2,1-3H3;4H,1-3,7H2,(H,11,12)(H4,8,9,10). The lowest BCUT2D eigenvalue weighted by Crippen LogP contribution is -2.30. The van der Waals surface area contributed by atoms with E-state index in [1.807, 2.05) is 7.05 Å². The number of carbonyl (C=O) groups is 1. The van der Waals surface area contributed by atoms with E-state index >= 15 is 0 Å². The summed E-state index contributed by atoms with van der Waals surface area (Å²) in [4.78, 5) is 18.4. The van der Waals surface area contributed by atoms with Gasteiger partial charge in [0.1, 0.15) is 6.04 Å². The molecule has 0 aliphatic carbocycles. The van der Waals surface area contributed by atoms with E-state index in [0.29, 0.717) is 25.3 Å². The fraction of sp³-hybridized carbons (Fsp3) is 0.643. The molecule has 1 atom stereocenters. The normalized spacial score (nSPS) is 11.5. The molecule has 0 aliphatic rings. The highest BCUT2D eigenvalue weighted by Gasteiger charge is 2.09. The van der Waals surface area contributed by atoms with Crippen molar-refractivity contribution in [3.05, 3.63) is 16.1 Å². The minimum atomic E-state index is -1.00. The Hall–Kier alpha value is -1.71. The quantitative estimate of drug-likeness (QED) is 0.260. The molecule has 0 saturated heterocycles. The molecule has 1 aromatic heterocycles. The maximum absolute atomic E-state index is 10.2. The fourth-order valence-electron chi connectivity index (χ4n) is 1.49. The van der Waals surface area contributed by atoms with Crippen molar-refractivity contribution in [1.82, 2.24) is 10.3 Å². The van der Waals surface area contributed by atoms with Gasteiger partial charge in [-0.3, -0.25) is 9.79 Å². The topological polar surface area (TPSA) is 153 Å². The molecule has 9 heteroatoms. The number of aliphatic carboxylic acids is 1. The van der Waals surface area contributed by atoms with Crippen LogP contribution >= 0.6 is 11.3 Å². The van der Waals surface area contributed by atoms with Crippen LogP contribution in [-0.2, 0) is 11.3 Å². The van der Waals surface area contributed by atoms with Gasteiger partial charge in [0.05, 0.1) is 10.7 Å². The molecule has 8 nitrogen and oxygen atoms in total. The van der Waals surface area contributed by atoms with Crippen LogP contribution < -0.4 is 22.5 Å². The van der Waals surface area contributed by atoms with Crippen molar-refractivity contribution in [3.63, 3.8) is 0 Å². The van der Waals surface area contributed by atoms with Crippen molar-refractivity contribution in [1.29, 1.82) is 0 Å². The van der Waals surface area contributed by atoms with Gasteiger partial charge in [-0.1, -0.05) is 13.8 Å². The Labute approximate surface area is 141 Å². The third kappa shape index (κ3) is 10.6. The largest absolute Gasteiger partial charge is 0.480 e. The number of aromatic nitrogens is 1. The van der Waals surface area contributed by atoms with Crippen LogP contribution in [0.3, 0.4) is 0 Å². The highest BCUT2D eigenvalue weighted by atomic mass is 32.1. The van der Waals surface area contributed by atoms with E-state index in [1.54, 1.807) is 11.3 Å². The predicted octanol–water partition coefficient (Wildman–Crippen LogP) is 0.438. The zero-order valence-corrected chi connectivity index (χ0v) is 14.8. The summed E-state index contributed by atoms with van der Waals surface area (Å²) in [6.45, 7) is 5.64. The lowest BCUT2D eigenvalue weighted by molar-refractivity contribution is -0.138. The van der Waals surface area contributed by atoms with Crippen molar-refractivity contribution >= 4 is 23.3 Å². The predicted molar refractivity (Wildman–Crippen MR) is 94.5 cm³/mol. The van der Waals surface area contributed by atoms with E-state index < -0.39 is 12.0 Å². The van der Waals surface area contributed by atoms with E-state index in [9.17, 15) is 4.79 Å². The molecule has 1 rings (SSSR count). The van der Waals surface area contributed by atoms with Gasteiger partial charge in [0.15, 0.2) is 5.96 Å². The summed E-state index contributed by atoms with van der Waals surface area (Å²) in [5.41, 5.74) is 16.5.